The number of alkyl halides is 3. The van der Waals surface area contributed by atoms with E-state index in [0.717, 1.165) is 0 Å². The van der Waals surface area contributed by atoms with Gasteiger partial charge in [-0.25, -0.2) is 12.8 Å². The van der Waals surface area contributed by atoms with Gasteiger partial charge in [-0.05, 0) is 55.2 Å². The van der Waals surface area contributed by atoms with Crippen molar-refractivity contribution in [3.63, 3.8) is 0 Å². The molecule has 0 radical (unpaired) electrons. The largest absolute Gasteiger partial charge is 0.416 e. The Morgan fingerprint density at radius 1 is 1.07 bits per heavy atom. The van der Waals surface area contributed by atoms with Gasteiger partial charge in [0.15, 0.2) is 9.84 Å². The number of carbonyl (C=O) groups excluding carboxylic acids is 1. The normalized spacial score (nSPS) is 19.3. The topological polar surface area (TPSA) is 63.2 Å². The summed E-state index contributed by atoms with van der Waals surface area (Å²) in [5.74, 6) is -1.86. The van der Waals surface area contributed by atoms with Crippen LogP contribution in [0.25, 0.3) is 0 Å². The van der Waals surface area contributed by atoms with Crippen LogP contribution in [0.5, 0.6) is 0 Å². The minimum absolute atomic E-state index is 0.141. The summed E-state index contributed by atoms with van der Waals surface area (Å²) >= 11 is 11.7. The number of carbonyl (C=O) groups is 1. The Bertz CT molecular complexity index is 1080. The van der Waals surface area contributed by atoms with Crippen LogP contribution in [-0.2, 0) is 16.0 Å². The first-order valence-electron chi connectivity index (χ1n) is 8.73. The second-order valence-corrected chi connectivity index (χ2v) is 10.1. The Morgan fingerprint density at radius 3 is 2.33 bits per heavy atom. The molecular weight excluding hydrogens is 469 g/mol. The van der Waals surface area contributed by atoms with E-state index >= 15 is 0 Å². The van der Waals surface area contributed by atoms with Crippen LogP contribution in [0, 0.1) is 11.7 Å². The van der Waals surface area contributed by atoms with E-state index in [9.17, 15) is 30.8 Å². The first kappa shape index (κ1) is 22.8. The summed E-state index contributed by atoms with van der Waals surface area (Å²) in [6.07, 6.45) is -4.58. The average Bonchev–Trinajstić information content (AvgIpc) is 2.61. The van der Waals surface area contributed by atoms with Crippen molar-refractivity contribution in [1.29, 1.82) is 0 Å². The summed E-state index contributed by atoms with van der Waals surface area (Å²) in [6.45, 7) is 0.183. The third kappa shape index (κ3) is 4.90. The Balaban J connectivity index is 1.61. The molecule has 2 aromatic carbocycles. The van der Waals surface area contributed by atoms with Crippen LogP contribution in [0.3, 0.4) is 0 Å². The van der Waals surface area contributed by atoms with Gasteiger partial charge < -0.3 is 5.32 Å². The van der Waals surface area contributed by atoms with Crippen molar-refractivity contribution >= 4 is 38.9 Å². The van der Waals surface area contributed by atoms with Gasteiger partial charge in [-0.3, -0.25) is 4.79 Å². The van der Waals surface area contributed by atoms with Crippen molar-refractivity contribution in [3.8, 4) is 0 Å². The standard InChI is InChI=1S/C19H15Cl2F4NO3S/c20-16-2-1-11(5-17(16)21)18(27)26-9-10-3-14(4-10)30(28,29)15-7-12(19(23,24)25)6-13(22)8-15/h1-2,5-8,10,14H,3-4,9H2,(H,26,27). The maximum absolute atomic E-state index is 13.5. The molecule has 1 fully saturated rings. The first-order valence-corrected chi connectivity index (χ1v) is 11.0. The van der Waals surface area contributed by atoms with Crippen molar-refractivity contribution in [1.82, 2.24) is 5.32 Å². The van der Waals surface area contributed by atoms with Gasteiger partial charge in [-0.15, -0.1) is 0 Å². The summed E-state index contributed by atoms with van der Waals surface area (Å²) in [5, 5.41) is 2.23. The van der Waals surface area contributed by atoms with Crippen LogP contribution in [0.2, 0.25) is 10.0 Å². The molecule has 0 spiro atoms. The second-order valence-electron chi connectivity index (χ2n) is 7.02. The van der Waals surface area contributed by atoms with E-state index < -0.39 is 43.4 Å². The molecule has 1 amide bonds. The van der Waals surface area contributed by atoms with Gasteiger partial charge in [-0.1, -0.05) is 23.2 Å². The Kier molecular flexibility index (Phi) is 6.36. The second kappa shape index (κ2) is 8.36. The zero-order chi connectivity index (χ0) is 22.3. The number of hydrogen-bond acceptors (Lipinski definition) is 3. The smallest absolute Gasteiger partial charge is 0.352 e. The molecule has 30 heavy (non-hydrogen) atoms. The van der Waals surface area contributed by atoms with Gasteiger partial charge >= 0.3 is 6.18 Å². The molecule has 1 saturated carbocycles. The monoisotopic (exact) mass is 483 g/mol. The van der Waals surface area contributed by atoms with E-state index in [0.29, 0.717) is 17.2 Å². The molecule has 162 valence electrons. The van der Waals surface area contributed by atoms with Crippen LogP contribution in [0.4, 0.5) is 17.6 Å². The minimum Gasteiger partial charge on any atom is -0.352 e. The summed E-state index contributed by atoms with van der Waals surface area (Å²) in [6, 6.07) is 5.64. The van der Waals surface area contributed by atoms with Crippen LogP contribution < -0.4 is 5.32 Å². The molecular formula is C19H15Cl2F4NO3S. The van der Waals surface area contributed by atoms with Crippen molar-refractivity contribution in [2.75, 3.05) is 6.54 Å². The Morgan fingerprint density at radius 2 is 1.73 bits per heavy atom. The molecule has 0 aliphatic heterocycles. The molecule has 0 heterocycles. The lowest BCUT2D eigenvalue weighted by atomic mass is 9.85. The molecule has 2 aromatic rings. The highest BCUT2D eigenvalue weighted by Crippen LogP contribution is 2.38. The number of nitrogens with one attached hydrogen (secondary N) is 1. The van der Waals surface area contributed by atoms with Crippen molar-refractivity contribution in [2.24, 2.45) is 5.92 Å². The van der Waals surface area contributed by atoms with Crippen LogP contribution in [-0.4, -0.2) is 26.1 Å². The van der Waals surface area contributed by atoms with Gasteiger partial charge in [0.1, 0.15) is 5.82 Å². The van der Waals surface area contributed by atoms with Gasteiger partial charge in [-0.2, -0.15) is 13.2 Å². The number of benzene rings is 2. The highest BCUT2D eigenvalue weighted by atomic mass is 35.5. The number of rotatable bonds is 5. The molecule has 0 aromatic heterocycles. The van der Waals surface area contributed by atoms with Gasteiger partial charge in [0.05, 0.1) is 25.8 Å². The zero-order valence-corrected chi connectivity index (χ0v) is 17.5. The fourth-order valence-electron chi connectivity index (χ4n) is 3.15. The number of sulfone groups is 1. The van der Waals surface area contributed by atoms with Crippen molar-refractivity contribution in [2.45, 2.75) is 29.2 Å². The molecule has 0 atom stereocenters. The number of amides is 1. The third-order valence-corrected chi connectivity index (χ3v) is 7.79. The summed E-state index contributed by atoms with van der Waals surface area (Å²) in [4.78, 5) is 11.4. The van der Waals surface area contributed by atoms with Crippen molar-refractivity contribution in [3.05, 3.63) is 63.4 Å². The molecule has 3 rings (SSSR count). The Hall–Kier alpha value is -1.84. The number of hydrogen-bond donors (Lipinski definition) is 1. The van der Waals surface area contributed by atoms with Gasteiger partial charge in [0.25, 0.3) is 5.91 Å². The first-order chi connectivity index (χ1) is 13.9. The zero-order valence-electron chi connectivity index (χ0n) is 15.1. The van der Waals surface area contributed by atoms with E-state index in [2.05, 4.69) is 5.32 Å². The fourth-order valence-corrected chi connectivity index (χ4v) is 5.46. The highest BCUT2D eigenvalue weighted by Gasteiger charge is 2.41. The van der Waals surface area contributed by atoms with E-state index in [4.69, 9.17) is 23.2 Å². The Labute approximate surface area is 180 Å². The predicted molar refractivity (Wildman–Crippen MR) is 104 cm³/mol. The highest BCUT2D eigenvalue weighted by molar-refractivity contribution is 7.92. The molecule has 0 saturated heterocycles. The van der Waals surface area contributed by atoms with Crippen LogP contribution in [0.15, 0.2) is 41.3 Å². The van der Waals surface area contributed by atoms with E-state index in [1.807, 2.05) is 0 Å². The van der Waals surface area contributed by atoms with E-state index in [1.165, 1.54) is 18.2 Å². The molecule has 0 unspecified atom stereocenters. The minimum atomic E-state index is -4.86. The molecule has 1 aliphatic rings. The van der Waals surface area contributed by atoms with E-state index in [-0.39, 0.29) is 42.0 Å². The van der Waals surface area contributed by atoms with Crippen LogP contribution >= 0.6 is 23.2 Å². The third-order valence-electron chi connectivity index (χ3n) is 4.89. The van der Waals surface area contributed by atoms with Crippen molar-refractivity contribution < 1.29 is 30.8 Å². The van der Waals surface area contributed by atoms with Crippen LogP contribution in [0.1, 0.15) is 28.8 Å². The predicted octanol–water partition coefficient (Wildman–Crippen LogP) is 5.13. The summed E-state index contributed by atoms with van der Waals surface area (Å²) in [7, 11) is -4.13. The van der Waals surface area contributed by atoms with Gasteiger partial charge in [0, 0.05) is 12.1 Å². The number of halogens is 6. The lowest BCUT2D eigenvalue weighted by Crippen LogP contribution is -2.42. The maximum atomic E-state index is 13.5. The fraction of sp³-hybridized carbons (Fsp3) is 0.316. The lowest BCUT2D eigenvalue weighted by Gasteiger charge is -2.35. The molecule has 0 bridgehead atoms. The summed E-state index contributed by atoms with van der Waals surface area (Å²) < 4.78 is 77.2. The summed E-state index contributed by atoms with van der Waals surface area (Å²) in [5.41, 5.74) is -1.07. The molecule has 1 aliphatic carbocycles. The maximum Gasteiger partial charge on any atom is 0.416 e. The average molecular weight is 484 g/mol. The molecule has 1 N–H and O–H groups in total. The lowest BCUT2D eigenvalue weighted by molar-refractivity contribution is -0.137. The quantitative estimate of drug-likeness (QED) is 0.599. The molecule has 4 nitrogen and oxygen atoms in total. The molecule has 11 heteroatoms. The SMILES string of the molecule is O=C(NCC1CC(S(=O)(=O)c2cc(F)cc(C(F)(F)F)c2)C1)c1ccc(Cl)c(Cl)c1. The van der Waals surface area contributed by atoms with E-state index in [1.54, 1.807) is 0 Å². The van der Waals surface area contributed by atoms with Gasteiger partial charge in [0.2, 0.25) is 0 Å².